The van der Waals surface area contributed by atoms with Gasteiger partial charge in [0.2, 0.25) is 0 Å². The minimum absolute atomic E-state index is 0.0104. The lowest BCUT2D eigenvalue weighted by Crippen LogP contribution is -2.33. The van der Waals surface area contributed by atoms with E-state index in [4.69, 9.17) is 28.3 Å². The van der Waals surface area contributed by atoms with Crippen molar-refractivity contribution in [2.24, 2.45) is 15.3 Å². The number of carbonyl (C=O) groups excluding carboxylic acids is 2. The molecule has 3 aromatic rings. The molecule has 38 heavy (non-hydrogen) atoms. The first-order chi connectivity index (χ1) is 17.8. The second kappa shape index (κ2) is 10.4. The highest BCUT2D eigenvalue weighted by Gasteiger charge is 2.34. The molecule has 4 rings (SSSR count). The van der Waals surface area contributed by atoms with Gasteiger partial charge >= 0.3 is 5.97 Å². The molecule has 196 valence electrons. The van der Waals surface area contributed by atoms with Crippen LogP contribution in [0, 0.1) is 0 Å². The summed E-state index contributed by atoms with van der Waals surface area (Å²) in [6, 6.07) is 6.42. The maximum absolute atomic E-state index is 12.8. The number of nitrogens with zero attached hydrogens (tertiary/aromatic N) is 6. The van der Waals surface area contributed by atoms with Gasteiger partial charge in [-0.05, 0) is 43.3 Å². The molecule has 14 nitrogen and oxygen atoms in total. The van der Waals surface area contributed by atoms with Crippen molar-refractivity contribution in [2.75, 3.05) is 11.9 Å². The van der Waals surface area contributed by atoms with Gasteiger partial charge in [-0.3, -0.25) is 18.9 Å². The second-order valence-corrected chi connectivity index (χ2v) is 9.87. The van der Waals surface area contributed by atoms with E-state index in [9.17, 15) is 27.4 Å². The number of amides is 2. The summed E-state index contributed by atoms with van der Waals surface area (Å²) in [7, 11) is -4.84. The third-order valence-electron chi connectivity index (χ3n) is 5.07. The first kappa shape index (κ1) is 27.0. The summed E-state index contributed by atoms with van der Waals surface area (Å²) >= 11 is 11.7. The number of carboxylic acid groups (broad SMARTS) is 1. The van der Waals surface area contributed by atoms with E-state index in [0.29, 0.717) is 5.52 Å². The van der Waals surface area contributed by atoms with Gasteiger partial charge in [-0.25, -0.2) is 15.0 Å². The largest absolute Gasteiger partial charge is 0.480 e. The smallest absolute Gasteiger partial charge is 0.325 e. The van der Waals surface area contributed by atoms with E-state index >= 15 is 0 Å². The lowest BCUT2D eigenvalue weighted by atomic mass is 10.1. The van der Waals surface area contributed by atoms with Crippen molar-refractivity contribution >= 4 is 79.2 Å². The molecule has 1 aromatic heterocycles. The standard InChI is InChI=1S/C21H15Cl2N7O7S/c1-9-17(21(34)30(29-9)8-16(31)32)28-27-11-3-5-13(15(7-11)38(35,36)37)26-20(33)10-2-4-12-14(6-10)25-19(23)18(22)24-12/h2-7,17H,8H2,1H3,(H,26,33)(H,31,32)(H,35,36,37). The van der Waals surface area contributed by atoms with Gasteiger partial charge in [0, 0.05) is 5.56 Å². The zero-order valence-corrected chi connectivity index (χ0v) is 21.4. The molecule has 2 heterocycles. The number of carboxylic acids is 1. The molecule has 2 amide bonds. The van der Waals surface area contributed by atoms with Gasteiger partial charge in [0.1, 0.15) is 11.4 Å². The molecule has 0 aliphatic carbocycles. The number of hydrogen-bond acceptors (Lipinski definition) is 10. The summed E-state index contributed by atoms with van der Waals surface area (Å²) in [5, 5.41) is 23.4. The molecule has 1 unspecified atom stereocenters. The van der Waals surface area contributed by atoms with Crippen molar-refractivity contribution in [3.63, 3.8) is 0 Å². The van der Waals surface area contributed by atoms with E-state index in [1.165, 1.54) is 37.3 Å². The highest BCUT2D eigenvalue weighted by molar-refractivity contribution is 7.86. The van der Waals surface area contributed by atoms with Gasteiger partial charge in [-0.1, -0.05) is 23.2 Å². The normalized spacial score (nSPS) is 15.8. The van der Waals surface area contributed by atoms with Crippen molar-refractivity contribution in [1.29, 1.82) is 0 Å². The van der Waals surface area contributed by atoms with Crippen molar-refractivity contribution < 1.29 is 32.5 Å². The van der Waals surface area contributed by atoms with Crippen LogP contribution in [0.15, 0.2) is 56.6 Å². The predicted molar refractivity (Wildman–Crippen MR) is 135 cm³/mol. The van der Waals surface area contributed by atoms with Crippen LogP contribution in [0.2, 0.25) is 10.3 Å². The molecule has 1 atom stereocenters. The number of aromatic nitrogens is 2. The Morgan fingerprint density at radius 3 is 2.45 bits per heavy atom. The lowest BCUT2D eigenvalue weighted by molar-refractivity contribution is -0.143. The summed E-state index contributed by atoms with van der Waals surface area (Å²) in [5.41, 5.74) is 0.550. The van der Waals surface area contributed by atoms with Crippen molar-refractivity contribution in [1.82, 2.24) is 15.0 Å². The van der Waals surface area contributed by atoms with Crippen LogP contribution in [0.3, 0.4) is 0 Å². The Kier molecular flexibility index (Phi) is 7.37. The fraction of sp³-hybridized carbons (Fsp3) is 0.143. The average molecular weight is 580 g/mol. The average Bonchev–Trinajstić information content (AvgIpc) is 3.09. The zero-order chi connectivity index (χ0) is 27.8. The number of benzene rings is 2. The predicted octanol–water partition coefficient (Wildman–Crippen LogP) is 3.19. The van der Waals surface area contributed by atoms with Crippen LogP contribution in [0.1, 0.15) is 17.3 Å². The topological polar surface area (TPSA) is 204 Å². The number of rotatable bonds is 7. The molecule has 3 N–H and O–H groups in total. The number of halogens is 2. The summed E-state index contributed by atoms with van der Waals surface area (Å²) in [5.74, 6) is -2.73. The lowest BCUT2D eigenvalue weighted by Gasteiger charge is -2.11. The van der Waals surface area contributed by atoms with E-state index < -0.39 is 45.4 Å². The minimum Gasteiger partial charge on any atom is -0.480 e. The van der Waals surface area contributed by atoms with E-state index in [0.717, 1.165) is 11.1 Å². The first-order valence-electron chi connectivity index (χ1n) is 10.4. The number of fused-ring (bicyclic) bond motifs is 1. The van der Waals surface area contributed by atoms with E-state index in [2.05, 4.69) is 30.6 Å². The zero-order valence-electron chi connectivity index (χ0n) is 19.0. The molecule has 0 fully saturated rings. The molecule has 1 aliphatic heterocycles. The van der Waals surface area contributed by atoms with Crippen LogP contribution < -0.4 is 5.32 Å². The fourth-order valence-corrected chi connectivity index (χ4v) is 4.28. The molecule has 0 radical (unpaired) electrons. The Morgan fingerprint density at radius 2 is 1.79 bits per heavy atom. The Labute approximate surface area is 223 Å². The summed E-state index contributed by atoms with van der Waals surface area (Å²) in [6.07, 6.45) is 0. The number of carbonyl (C=O) groups is 3. The van der Waals surface area contributed by atoms with Crippen LogP contribution in [0.4, 0.5) is 11.4 Å². The fourth-order valence-electron chi connectivity index (χ4n) is 3.35. The highest BCUT2D eigenvalue weighted by atomic mass is 35.5. The van der Waals surface area contributed by atoms with Crippen molar-refractivity contribution in [3.05, 3.63) is 52.3 Å². The van der Waals surface area contributed by atoms with Gasteiger partial charge in [-0.2, -0.15) is 23.7 Å². The van der Waals surface area contributed by atoms with Gasteiger partial charge in [0.15, 0.2) is 16.3 Å². The Bertz CT molecular complexity index is 1680. The van der Waals surface area contributed by atoms with Gasteiger partial charge in [0.25, 0.3) is 21.9 Å². The SMILES string of the molecule is CC1=NN(CC(=O)O)C(=O)C1N=Nc1ccc(NC(=O)c2ccc3nc(Cl)c(Cl)nc3c2)c(S(=O)(=O)O)c1. The quantitative estimate of drug-likeness (QED) is 0.277. The Hall–Kier alpha value is -4.05. The molecule has 0 spiro atoms. The third-order valence-corrected chi connectivity index (χ3v) is 6.59. The summed E-state index contributed by atoms with van der Waals surface area (Å²) in [6.45, 7) is 0.792. The van der Waals surface area contributed by atoms with E-state index in [1.807, 2.05) is 0 Å². The number of aliphatic carboxylic acids is 1. The van der Waals surface area contributed by atoms with Crippen LogP contribution >= 0.6 is 23.2 Å². The number of azo groups is 1. The molecule has 0 bridgehead atoms. The Morgan fingerprint density at radius 1 is 1.11 bits per heavy atom. The number of nitrogens with one attached hydrogen (secondary N) is 1. The number of anilines is 1. The third kappa shape index (κ3) is 5.75. The maximum Gasteiger partial charge on any atom is 0.325 e. The molecule has 17 heteroatoms. The van der Waals surface area contributed by atoms with Crippen LogP contribution in [0.25, 0.3) is 11.0 Å². The van der Waals surface area contributed by atoms with Crippen LogP contribution in [-0.2, 0) is 19.7 Å². The van der Waals surface area contributed by atoms with Crippen LogP contribution in [-0.4, -0.2) is 69.1 Å². The van der Waals surface area contributed by atoms with Gasteiger partial charge < -0.3 is 10.4 Å². The van der Waals surface area contributed by atoms with Crippen LogP contribution in [0.5, 0.6) is 0 Å². The van der Waals surface area contributed by atoms with Gasteiger partial charge in [-0.15, -0.1) is 0 Å². The Balaban J connectivity index is 1.59. The second-order valence-electron chi connectivity index (χ2n) is 7.77. The summed E-state index contributed by atoms with van der Waals surface area (Å²) < 4.78 is 33.8. The molecule has 2 aromatic carbocycles. The van der Waals surface area contributed by atoms with Crippen molar-refractivity contribution in [2.45, 2.75) is 17.9 Å². The molecule has 1 aliphatic rings. The van der Waals surface area contributed by atoms with E-state index in [1.54, 1.807) is 0 Å². The molecule has 0 saturated heterocycles. The van der Waals surface area contributed by atoms with E-state index in [-0.39, 0.29) is 38.5 Å². The van der Waals surface area contributed by atoms with Gasteiger partial charge in [0.05, 0.1) is 28.1 Å². The maximum atomic E-state index is 12.8. The molecular weight excluding hydrogens is 565 g/mol. The first-order valence-corrected chi connectivity index (χ1v) is 12.6. The van der Waals surface area contributed by atoms with Crippen molar-refractivity contribution in [3.8, 4) is 0 Å². The highest BCUT2D eigenvalue weighted by Crippen LogP contribution is 2.29. The molecule has 0 saturated carbocycles. The number of hydrazone groups is 1. The molecular formula is C21H15Cl2N7O7S. The monoisotopic (exact) mass is 579 g/mol. The number of hydrogen-bond donors (Lipinski definition) is 3. The summed E-state index contributed by atoms with van der Waals surface area (Å²) in [4.78, 5) is 43.4. The minimum atomic E-state index is -4.84.